The molecule has 2 rings (SSSR count). The van der Waals surface area contributed by atoms with Gasteiger partial charge in [-0.3, -0.25) is 0 Å². The summed E-state index contributed by atoms with van der Waals surface area (Å²) in [5.41, 5.74) is 4.01. The zero-order valence-corrected chi connectivity index (χ0v) is 18.6. The lowest BCUT2D eigenvalue weighted by molar-refractivity contribution is 0.125. The van der Waals surface area contributed by atoms with Gasteiger partial charge in [-0.05, 0) is 43.0 Å². The van der Waals surface area contributed by atoms with Crippen LogP contribution in [0.25, 0.3) is 0 Å². The molecule has 0 saturated heterocycles. The van der Waals surface area contributed by atoms with Gasteiger partial charge in [-0.25, -0.2) is 4.99 Å². The number of nitrogens with one attached hydrogen (secondary N) is 2. The average Bonchev–Trinajstić information content (AvgIpc) is 2.64. The maximum atomic E-state index is 9.87. The predicted octanol–water partition coefficient (Wildman–Crippen LogP) is 3.90. The average molecular weight is 483 g/mol. The van der Waals surface area contributed by atoms with Crippen LogP contribution >= 0.6 is 24.0 Å². The topological polar surface area (TPSA) is 65.9 Å². The molecule has 0 radical (unpaired) electrons. The fraction of sp³-hybridized carbons (Fsp3) is 0.381. The van der Waals surface area contributed by atoms with Crippen LogP contribution in [0.1, 0.15) is 29.2 Å². The lowest BCUT2D eigenvalue weighted by Gasteiger charge is -2.12. The standard InChI is InChI=1S/C21H29N3O2.HI/c1-4-22-21(23-10-11-26-15-18-8-6-5-7-9-18)24-14-19-12-16(2)20(25)17(3)13-19;/h5-9,12-13,25H,4,10-11,14-15H2,1-3H3,(H2,22,23,24);1H. The van der Waals surface area contributed by atoms with E-state index in [-0.39, 0.29) is 24.0 Å². The van der Waals surface area contributed by atoms with Crippen LogP contribution in [-0.2, 0) is 17.9 Å². The van der Waals surface area contributed by atoms with E-state index in [0.717, 1.165) is 29.2 Å². The van der Waals surface area contributed by atoms with Gasteiger partial charge in [0.25, 0.3) is 0 Å². The van der Waals surface area contributed by atoms with Gasteiger partial charge in [-0.2, -0.15) is 0 Å². The van der Waals surface area contributed by atoms with Crippen LogP contribution in [0.15, 0.2) is 47.5 Å². The summed E-state index contributed by atoms with van der Waals surface area (Å²) in [6, 6.07) is 14.1. The van der Waals surface area contributed by atoms with Gasteiger partial charge < -0.3 is 20.5 Å². The second-order valence-electron chi connectivity index (χ2n) is 6.24. The van der Waals surface area contributed by atoms with E-state index in [4.69, 9.17) is 4.74 Å². The van der Waals surface area contributed by atoms with E-state index in [2.05, 4.69) is 27.8 Å². The molecule has 6 heteroatoms. The molecule has 0 saturated carbocycles. The van der Waals surface area contributed by atoms with Crippen LogP contribution < -0.4 is 10.6 Å². The minimum atomic E-state index is 0. The molecule has 148 valence electrons. The molecule has 0 aliphatic rings. The highest BCUT2D eigenvalue weighted by Crippen LogP contribution is 2.23. The zero-order chi connectivity index (χ0) is 18.8. The molecule has 5 nitrogen and oxygen atoms in total. The number of aryl methyl sites for hydroxylation is 2. The lowest BCUT2D eigenvalue weighted by Crippen LogP contribution is -2.38. The first kappa shape index (κ1) is 23.2. The van der Waals surface area contributed by atoms with Crippen molar-refractivity contribution in [2.75, 3.05) is 19.7 Å². The summed E-state index contributed by atoms with van der Waals surface area (Å²) in [5.74, 6) is 1.12. The number of phenols is 1. The van der Waals surface area contributed by atoms with Crippen molar-refractivity contribution in [2.45, 2.75) is 33.9 Å². The molecule has 0 aromatic heterocycles. The Kier molecular flexibility index (Phi) is 10.8. The highest BCUT2D eigenvalue weighted by molar-refractivity contribution is 14.0. The minimum Gasteiger partial charge on any atom is -0.507 e. The Labute approximate surface area is 179 Å². The SMILES string of the molecule is CCNC(=NCc1cc(C)c(O)c(C)c1)NCCOCc1ccccc1.I. The van der Waals surface area contributed by atoms with Crippen molar-refractivity contribution < 1.29 is 9.84 Å². The number of nitrogens with zero attached hydrogens (tertiary/aromatic N) is 1. The predicted molar refractivity (Wildman–Crippen MR) is 122 cm³/mol. The zero-order valence-electron chi connectivity index (χ0n) is 16.3. The Morgan fingerprint density at radius 2 is 1.70 bits per heavy atom. The molecule has 0 amide bonds. The number of aliphatic imine (C=N–C) groups is 1. The molecular formula is C21H30IN3O2. The van der Waals surface area contributed by atoms with Crippen LogP contribution in [0.5, 0.6) is 5.75 Å². The molecule has 3 N–H and O–H groups in total. The molecule has 0 bridgehead atoms. The molecule has 2 aromatic rings. The van der Waals surface area contributed by atoms with Crippen molar-refractivity contribution in [2.24, 2.45) is 4.99 Å². The van der Waals surface area contributed by atoms with Gasteiger partial charge in [-0.15, -0.1) is 24.0 Å². The van der Waals surface area contributed by atoms with Crippen molar-refractivity contribution in [3.05, 3.63) is 64.7 Å². The summed E-state index contributed by atoms with van der Waals surface area (Å²) in [6.45, 7) is 9.11. The van der Waals surface area contributed by atoms with E-state index in [0.29, 0.717) is 32.1 Å². The normalized spacial score (nSPS) is 11.0. The summed E-state index contributed by atoms with van der Waals surface area (Å²) in [4.78, 5) is 4.61. The van der Waals surface area contributed by atoms with Crippen LogP contribution in [0.4, 0.5) is 0 Å². The number of rotatable bonds is 8. The van der Waals surface area contributed by atoms with E-state index in [9.17, 15) is 5.11 Å². The maximum Gasteiger partial charge on any atom is 0.191 e. The number of phenolic OH excluding ortho intramolecular Hbond substituents is 1. The lowest BCUT2D eigenvalue weighted by atomic mass is 10.1. The van der Waals surface area contributed by atoms with Gasteiger partial charge >= 0.3 is 0 Å². The molecule has 0 unspecified atom stereocenters. The third-order valence-corrected chi connectivity index (χ3v) is 3.97. The number of hydrogen-bond acceptors (Lipinski definition) is 3. The molecule has 0 atom stereocenters. The first-order chi connectivity index (χ1) is 12.6. The molecule has 0 heterocycles. The number of ether oxygens (including phenoxy) is 1. The summed E-state index contributed by atoms with van der Waals surface area (Å²) in [5, 5.41) is 16.4. The van der Waals surface area contributed by atoms with E-state index in [1.54, 1.807) is 0 Å². The van der Waals surface area contributed by atoms with Crippen LogP contribution in [0.3, 0.4) is 0 Å². The molecular weight excluding hydrogens is 453 g/mol. The summed E-state index contributed by atoms with van der Waals surface area (Å²) >= 11 is 0. The van der Waals surface area contributed by atoms with Gasteiger partial charge in [0.1, 0.15) is 5.75 Å². The monoisotopic (exact) mass is 483 g/mol. The van der Waals surface area contributed by atoms with Crippen molar-refractivity contribution in [1.29, 1.82) is 0 Å². The quantitative estimate of drug-likeness (QED) is 0.231. The second kappa shape index (κ2) is 12.6. The van der Waals surface area contributed by atoms with E-state index >= 15 is 0 Å². The number of aromatic hydroxyl groups is 1. The van der Waals surface area contributed by atoms with Gasteiger partial charge in [0.05, 0.1) is 19.8 Å². The van der Waals surface area contributed by atoms with Gasteiger partial charge in [0.2, 0.25) is 0 Å². The van der Waals surface area contributed by atoms with E-state index in [1.807, 2.05) is 51.1 Å². The third-order valence-electron chi connectivity index (χ3n) is 3.97. The fourth-order valence-electron chi connectivity index (χ4n) is 2.65. The molecule has 27 heavy (non-hydrogen) atoms. The number of halogens is 1. The first-order valence-corrected chi connectivity index (χ1v) is 9.03. The molecule has 0 spiro atoms. The molecule has 0 aliphatic carbocycles. The number of guanidine groups is 1. The van der Waals surface area contributed by atoms with Gasteiger partial charge in [0, 0.05) is 13.1 Å². The third kappa shape index (κ3) is 8.17. The summed E-state index contributed by atoms with van der Waals surface area (Å²) < 4.78 is 5.68. The van der Waals surface area contributed by atoms with Crippen molar-refractivity contribution in [1.82, 2.24) is 10.6 Å². The molecule has 0 aliphatic heterocycles. The first-order valence-electron chi connectivity index (χ1n) is 9.03. The Balaban J connectivity index is 0.00000364. The van der Waals surface area contributed by atoms with E-state index < -0.39 is 0 Å². The van der Waals surface area contributed by atoms with Crippen molar-refractivity contribution in [3.8, 4) is 5.75 Å². The van der Waals surface area contributed by atoms with Crippen molar-refractivity contribution >= 4 is 29.9 Å². The molecule has 2 aromatic carbocycles. The smallest absolute Gasteiger partial charge is 0.191 e. The van der Waals surface area contributed by atoms with Gasteiger partial charge in [0.15, 0.2) is 5.96 Å². The largest absolute Gasteiger partial charge is 0.507 e. The van der Waals surface area contributed by atoms with Crippen LogP contribution in [0, 0.1) is 13.8 Å². The fourth-order valence-corrected chi connectivity index (χ4v) is 2.65. The second-order valence-corrected chi connectivity index (χ2v) is 6.24. The summed E-state index contributed by atoms with van der Waals surface area (Å²) in [7, 11) is 0. The highest BCUT2D eigenvalue weighted by atomic mass is 127. The number of hydrogen-bond donors (Lipinski definition) is 3. The maximum absolute atomic E-state index is 9.87. The Hall–Kier alpha value is -1.80. The Bertz CT molecular complexity index is 698. The molecule has 0 fully saturated rings. The van der Waals surface area contributed by atoms with Crippen LogP contribution in [0.2, 0.25) is 0 Å². The number of benzene rings is 2. The van der Waals surface area contributed by atoms with Crippen LogP contribution in [-0.4, -0.2) is 30.8 Å². The Morgan fingerprint density at radius 1 is 1.04 bits per heavy atom. The highest BCUT2D eigenvalue weighted by Gasteiger charge is 2.04. The summed E-state index contributed by atoms with van der Waals surface area (Å²) in [6.07, 6.45) is 0. The minimum absolute atomic E-state index is 0. The van der Waals surface area contributed by atoms with E-state index in [1.165, 1.54) is 5.56 Å². The van der Waals surface area contributed by atoms with Crippen molar-refractivity contribution in [3.63, 3.8) is 0 Å². The van der Waals surface area contributed by atoms with Gasteiger partial charge in [-0.1, -0.05) is 42.5 Å². The Morgan fingerprint density at radius 3 is 2.33 bits per heavy atom.